The van der Waals surface area contributed by atoms with Crippen molar-refractivity contribution >= 4 is 23.2 Å². The van der Waals surface area contributed by atoms with E-state index in [0.717, 1.165) is 24.5 Å². The minimum absolute atomic E-state index is 0.0765. The van der Waals surface area contributed by atoms with Gasteiger partial charge in [0, 0.05) is 6.07 Å². The van der Waals surface area contributed by atoms with Gasteiger partial charge in [-0.1, -0.05) is 41.9 Å². The minimum Gasteiger partial charge on any atom is -0.506 e. The number of phenolic OH excluding ortho intramolecular Hbond substituents is 2. The van der Waals surface area contributed by atoms with E-state index in [1.54, 1.807) is 0 Å². The van der Waals surface area contributed by atoms with E-state index in [-0.39, 0.29) is 28.1 Å². The van der Waals surface area contributed by atoms with Gasteiger partial charge < -0.3 is 15.5 Å². The third-order valence-electron chi connectivity index (χ3n) is 3.82. The minimum atomic E-state index is -0.530. The summed E-state index contributed by atoms with van der Waals surface area (Å²) < 4.78 is 0. The van der Waals surface area contributed by atoms with Crippen molar-refractivity contribution in [1.29, 1.82) is 0 Å². The molecule has 3 rings (SSSR count). The van der Waals surface area contributed by atoms with Crippen LogP contribution in [0.3, 0.4) is 0 Å². The summed E-state index contributed by atoms with van der Waals surface area (Å²) in [4.78, 5) is 12.5. The highest BCUT2D eigenvalue weighted by molar-refractivity contribution is 6.32. The summed E-state index contributed by atoms with van der Waals surface area (Å²) in [5, 5.41) is 22.0. The number of hydrogen-bond acceptors (Lipinski definition) is 3. The van der Waals surface area contributed by atoms with Gasteiger partial charge in [0.2, 0.25) is 5.91 Å². The quantitative estimate of drug-likeness (QED) is 0.601. The standard InChI is InChI=1S/C16H14ClNO3/c17-11-8-12(14(20)9-13(11)19)18-15(21)16(6-7-16)10-4-2-1-3-5-10/h1-5,8-9,19-20H,6-7H2,(H,18,21). The third-order valence-corrected chi connectivity index (χ3v) is 4.13. The summed E-state index contributed by atoms with van der Waals surface area (Å²) in [6.45, 7) is 0. The van der Waals surface area contributed by atoms with Crippen LogP contribution >= 0.6 is 11.6 Å². The van der Waals surface area contributed by atoms with Gasteiger partial charge in [-0.05, 0) is 24.5 Å². The molecule has 0 aliphatic heterocycles. The van der Waals surface area contributed by atoms with Gasteiger partial charge >= 0.3 is 0 Å². The summed E-state index contributed by atoms with van der Waals surface area (Å²) in [5.41, 5.74) is 0.634. The molecule has 3 N–H and O–H groups in total. The molecule has 1 amide bonds. The van der Waals surface area contributed by atoms with Crippen molar-refractivity contribution in [2.75, 3.05) is 5.32 Å². The highest BCUT2D eigenvalue weighted by Gasteiger charge is 2.51. The first-order valence-corrected chi connectivity index (χ1v) is 6.99. The van der Waals surface area contributed by atoms with Gasteiger partial charge in [0.15, 0.2) is 0 Å². The van der Waals surface area contributed by atoms with Crippen molar-refractivity contribution in [3.8, 4) is 11.5 Å². The predicted molar refractivity (Wildman–Crippen MR) is 80.8 cm³/mol. The zero-order valence-electron chi connectivity index (χ0n) is 11.1. The molecule has 108 valence electrons. The van der Waals surface area contributed by atoms with E-state index in [4.69, 9.17) is 11.6 Å². The normalized spacial score (nSPS) is 15.5. The van der Waals surface area contributed by atoms with Crippen LogP contribution < -0.4 is 5.32 Å². The van der Waals surface area contributed by atoms with Gasteiger partial charge in [-0.15, -0.1) is 0 Å². The van der Waals surface area contributed by atoms with Crippen LogP contribution in [0, 0.1) is 0 Å². The van der Waals surface area contributed by atoms with Crippen LogP contribution in [-0.4, -0.2) is 16.1 Å². The number of phenols is 2. The van der Waals surface area contributed by atoms with Gasteiger partial charge in [0.05, 0.1) is 16.1 Å². The number of rotatable bonds is 3. The molecule has 2 aromatic carbocycles. The van der Waals surface area contributed by atoms with E-state index in [1.807, 2.05) is 30.3 Å². The van der Waals surface area contributed by atoms with Gasteiger partial charge in [0.25, 0.3) is 0 Å². The molecule has 0 heterocycles. The number of carbonyl (C=O) groups excluding carboxylic acids is 1. The van der Waals surface area contributed by atoms with Crippen LogP contribution in [-0.2, 0) is 10.2 Å². The number of nitrogens with one attached hydrogen (secondary N) is 1. The van der Waals surface area contributed by atoms with E-state index >= 15 is 0 Å². The van der Waals surface area contributed by atoms with Crippen molar-refractivity contribution in [3.63, 3.8) is 0 Å². The zero-order valence-corrected chi connectivity index (χ0v) is 11.9. The smallest absolute Gasteiger partial charge is 0.235 e. The van der Waals surface area contributed by atoms with Crippen molar-refractivity contribution < 1.29 is 15.0 Å². The summed E-state index contributed by atoms with van der Waals surface area (Å²) in [5.74, 6) is -0.615. The molecule has 1 aliphatic carbocycles. The second-order valence-electron chi connectivity index (χ2n) is 5.22. The molecule has 2 aromatic rings. The number of benzene rings is 2. The van der Waals surface area contributed by atoms with Crippen molar-refractivity contribution in [2.24, 2.45) is 0 Å². The maximum atomic E-state index is 12.5. The molecule has 0 bridgehead atoms. The average Bonchev–Trinajstić information content (AvgIpc) is 3.27. The second-order valence-corrected chi connectivity index (χ2v) is 5.63. The molecular weight excluding hydrogens is 290 g/mol. The molecule has 21 heavy (non-hydrogen) atoms. The topological polar surface area (TPSA) is 69.6 Å². The van der Waals surface area contributed by atoms with Crippen LogP contribution in [0.25, 0.3) is 0 Å². The Morgan fingerprint density at radius 3 is 2.38 bits per heavy atom. The Balaban J connectivity index is 1.86. The fourth-order valence-electron chi connectivity index (χ4n) is 2.42. The van der Waals surface area contributed by atoms with Crippen LogP contribution in [0.15, 0.2) is 42.5 Å². The number of carbonyl (C=O) groups is 1. The molecule has 4 nitrogen and oxygen atoms in total. The Kier molecular flexibility index (Phi) is 3.26. The molecular formula is C16H14ClNO3. The van der Waals surface area contributed by atoms with Crippen LogP contribution in [0.1, 0.15) is 18.4 Å². The number of hydrogen-bond donors (Lipinski definition) is 3. The first kappa shape index (κ1) is 13.8. The predicted octanol–water partition coefficient (Wildman–Crippen LogP) is 3.42. The second kappa shape index (κ2) is 4.97. The molecule has 0 unspecified atom stereocenters. The Bertz CT molecular complexity index is 696. The molecule has 5 heteroatoms. The molecule has 0 radical (unpaired) electrons. The van der Waals surface area contributed by atoms with Crippen LogP contribution in [0.5, 0.6) is 11.5 Å². The van der Waals surface area contributed by atoms with Crippen molar-refractivity contribution in [3.05, 3.63) is 53.1 Å². The third kappa shape index (κ3) is 2.43. The summed E-state index contributed by atoms with van der Waals surface area (Å²) in [6, 6.07) is 12.0. The highest BCUT2D eigenvalue weighted by Crippen LogP contribution is 2.49. The van der Waals surface area contributed by atoms with Crippen molar-refractivity contribution in [2.45, 2.75) is 18.3 Å². The van der Waals surface area contributed by atoms with E-state index in [2.05, 4.69) is 5.32 Å². The maximum absolute atomic E-state index is 12.5. The van der Waals surface area contributed by atoms with Crippen molar-refractivity contribution in [1.82, 2.24) is 0 Å². The van der Waals surface area contributed by atoms with Gasteiger partial charge in [-0.25, -0.2) is 0 Å². The molecule has 0 aromatic heterocycles. The Hall–Kier alpha value is -2.20. The average molecular weight is 304 g/mol. The number of aromatic hydroxyl groups is 2. The van der Waals surface area contributed by atoms with Gasteiger partial charge in [-0.3, -0.25) is 4.79 Å². The Labute approximate surface area is 127 Å². The number of amides is 1. The largest absolute Gasteiger partial charge is 0.506 e. The van der Waals surface area contributed by atoms with Gasteiger partial charge in [0.1, 0.15) is 11.5 Å². The molecule has 0 spiro atoms. The summed E-state index contributed by atoms with van der Waals surface area (Å²) in [6.07, 6.45) is 1.55. The first-order valence-electron chi connectivity index (χ1n) is 6.61. The van der Waals surface area contributed by atoms with Crippen LogP contribution in [0.2, 0.25) is 5.02 Å². The SMILES string of the molecule is O=C(Nc1cc(Cl)c(O)cc1O)C1(c2ccccc2)CC1. The highest BCUT2D eigenvalue weighted by atomic mass is 35.5. The lowest BCUT2D eigenvalue weighted by Crippen LogP contribution is -2.27. The molecule has 0 saturated heterocycles. The molecule has 1 fully saturated rings. The lowest BCUT2D eigenvalue weighted by Gasteiger charge is -2.16. The molecule has 1 saturated carbocycles. The lowest BCUT2D eigenvalue weighted by molar-refractivity contribution is -0.118. The lowest BCUT2D eigenvalue weighted by atomic mass is 9.95. The van der Waals surface area contributed by atoms with Crippen LogP contribution in [0.4, 0.5) is 5.69 Å². The fourth-order valence-corrected chi connectivity index (χ4v) is 2.59. The Morgan fingerprint density at radius 2 is 1.76 bits per heavy atom. The van der Waals surface area contributed by atoms with E-state index in [1.165, 1.54) is 6.07 Å². The van der Waals surface area contributed by atoms with Gasteiger partial charge in [-0.2, -0.15) is 0 Å². The number of halogens is 1. The zero-order chi connectivity index (χ0) is 15.0. The first-order chi connectivity index (χ1) is 10.0. The monoisotopic (exact) mass is 303 g/mol. The molecule has 1 aliphatic rings. The maximum Gasteiger partial charge on any atom is 0.235 e. The summed E-state index contributed by atoms with van der Waals surface area (Å²) in [7, 11) is 0. The van der Waals surface area contributed by atoms with E-state index in [0.29, 0.717) is 0 Å². The van der Waals surface area contributed by atoms with E-state index < -0.39 is 5.41 Å². The van der Waals surface area contributed by atoms with E-state index in [9.17, 15) is 15.0 Å². The number of anilines is 1. The molecule has 0 atom stereocenters. The fraction of sp³-hybridized carbons (Fsp3) is 0.188. The summed E-state index contributed by atoms with van der Waals surface area (Å²) >= 11 is 5.80. The Morgan fingerprint density at radius 1 is 1.10 bits per heavy atom.